The second-order valence-corrected chi connectivity index (χ2v) is 5.06. The third-order valence-electron chi connectivity index (χ3n) is 2.76. The average Bonchev–Trinajstić information content (AvgIpc) is 2.91. The van der Waals surface area contributed by atoms with Gasteiger partial charge in [-0.15, -0.1) is 0 Å². The zero-order valence-electron chi connectivity index (χ0n) is 13.2. The fraction of sp³-hybridized carbons (Fsp3) is 0.462. The predicted molar refractivity (Wildman–Crippen MR) is 85.4 cm³/mol. The molecule has 0 spiro atoms. The quantitative estimate of drug-likeness (QED) is 0.661. The van der Waals surface area contributed by atoms with Gasteiger partial charge < -0.3 is 15.7 Å². The lowest BCUT2D eigenvalue weighted by Crippen LogP contribution is -2.12. The molecule has 2 aromatic rings. The highest BCUT2D eigenvalue weighted by atomic mass is 35.5. The monoisotopic (exact) mass is 366 g/mol. The molecule has 1 atom stereocenters. The van der Waals surface area contributed by atoms with Crippen molar-refractivity contribution in [1.82, 2.24) is 20.2 Å². The number of halogens is 4. The molecule has 0 bridgehead atoms. The van der Waals surface area contributed by atoms with Gasteiger partial charge in [-0.1, -0.05) is 18.5 Å². The second kappa shape index (κ2) is 8.69. The largest absolute Gasteiger partial charge is 0.421 e. The summed E-state index contributed by atoms with van der Waals surface area (Å²) < 4.78 is 37.9. The van der Waals surface area contributed by atoms with Crippen LogP contribution in [0.3, 0.4) is 0 Å². The van der Waals surface area contributed by atoms with E-state index < -0.39 is 11.7 Å². The Balaban J connectivity index is 0.000000505. The van der Waals surface area contributed by atoms with Crippen LogP contribution in [-0.2, 0) is 6.18 Å². The van der Waals surface area contributed by atoms with Crippen molar-refractivity contribution in [2.24, 2.45) is 0 Å². The minimum absolute atomic E-state index is 0.0272. The van der Waals surface area contributed by atoms with Crippen LogP contribution < -0.4 is 10.6 Å². The normalized spacial score (nSPS) is 12.2. The van der Waals surface area contributed by atoms with Gasteiger partial charge in [-0.05, 0) is 13.3 Å². The SMILES string of the molecule is CCC(C)O.CNc1nc(Nc2cn[nH]c2Cl)ncc1C(F)(F)F. The lowest BCUT2D eigenvalue weighted by Gasteiger charge is -2.12. The molecule has 0 saturated carbocycles. The van der Waals surface area contributed by atoms with Crippen LogP contribution in [0.1, 0.15) is 25.8 Å². The van der Waals surface area contributed by atoms with Crippen LogP contribution in [-0.4, -0.2) is 38.4 Å². The smallest absolute Gasteiger partial charge is 0.393 e. The van der Waals surface area contributed by atoms with Crippen molar-refractivity contribution in [1.29, 1.82) is 0 Å². The Bertz CT molecular complexity index is 647. The van der Waals surface area contributed by atoms with Crippen LogP contribution in [0.4, 0.5) is 30.6 Å². The van der Waals surface area contributed by atoms with Crippen molar-refractivity contribution in [3.05, 3.63) is 23.1 Å². The number of aromatic amines is 1. The second-order valence-electron chi connectivity index (χ2n) is 4.68. The zero-order chi connectivity index (χ0) is 18.3. The van der Waals surface area contributed by atoms with Gasteiger partial charge in [-0.2, -0.15) is 23.3 Å². The lowest BCUT2D eigenvalue weighted by atomic mass is 10.3. The molecule has 0 aromatic carbocycles. The number of nitrogens with zero attached hydrogens (tertiary/aromatic N) is 3. The van der Waals surface area contributed by atoms with Crippen molar-refractivity contribution in [2.75, 3.05) is 17.7 Å². The van der Waals surface area contributed by atoms with Gasteiger partial charge in [0.05, 0.1) is 18.0 Å². The third kappa shape index (κ3) is 5.85. The minimum atomic E-state index is -4.52. The molecule has 7 nitrogen and oxygen atoms in total. The van der Waals surface area contributed by atoms with Gasteiger partial charge in [0.1, 0.15) is 16.5 Å². The number of aromatic nitrogens is 4. The number of rotatable bonds is 4. The Hall–Kier alpha value is -2.07. The topological polar surface area (TPSA) is 98.7 Å². The highest BCUT2D eigenvalue weighted by molar-refractivity contribution is 6.32. The maximum Gasteiger partial charge on any atom is 0.421 e. The Morgan fingerprint density at radius 1 is 1.38 bits per heavy atom. The molecule has 2 aromatic heterocycles. The molecule has 134 valence electrons. The van der Waals surface area contributed by atoms with E-state index in [4.69, 9.17) is 16.7 Å². The minimum Gasteiger partial charge on any atom is -0.393 e. The molecule has 0 fully saturated rings. The van der Waals surface area contributed by atoms with E-state index in [0.29, 0.717) is 11.9 Å². The average molecular weight is 367 g/mol. The van der Waals surface area contributed by atoms with Crippen molar-refractivity contribution >= 4 is 29.1 Å². The molecule has 11 heteroatoms. The maximum atomic E-state index is 12.6. The molecule has 0 aliphatic carbocycles. The predicted octanol–water partition coefficient (Wildman–Crippen LogP) is 3.43. The van der Waals surface area contributed by atoms with E-state index in [9.17, 15) is 13.2 Å². The van der Waals surface area contributed by atoms with E-state index in [1.54, 1.807) is 6.92 Å². The molecule has 2 heterocycles. The van der Waals surface area contributed by atoms with Crippen LogP contribution in [0.15, 0.2) is 12.4 Å². The Kier molecular flexibility index (Phi) is 7.23. The van der Waals surface area contributed by atoms with Crippen molar-refractivity contribution in [3.63, 3.8) is 0 Å². The molecule has 0 saturated heterocycles. The first-order valence-electron chi connectivity index (χ1n) is 6.95. The van der Waals surface area contributed by atoms with Crippen LogP contribution in [0.25, 0.3) is 0 Å². The summed E-state index contributed by atoms with van der Waals surface area (Å²) in [6.45, 7) is 3.73. The summed E-state index contributed by atoms with van der Waals surface area (Å²) in [6, 6.07) is 0. The summed E-state index contributed by atoms with van der Waals surface area (Å²) >= 11 is 5.74. The molecule has 2 rings (SSSR count). The van der Waals surface area contributed by atoms with Gasteiger partial charge in [0.2, 0.25) is 5.95 Å². The first-order chi connectivity index (χ1) is 11.2. The summed E-state index contributed by atoms with van der Waals surface area (Å²) in [5.41, 5.74) is -0.581. The van der Waals surface area contributed by atoms with Crippen molar-refractivity contribution in [3.8, 4) is 0 Å². The van der Waals surface area contributed by atoms with Gasteiger partial charge in [-0.25, -0.2) is 4.98 Å². The molecular formula is C13H18ClF3N6O. The van der Waals surface area contributed by atoms with Gasteiger partial charge >= 0.3 is 6.18 Å². The molecule has 4 N–H and O–H groups in total. The fourth-order valence-corrected chi connectivity index (χ4v) is 1.46. The molecule has 0 aliphatic rings. The first kappa shape index (κ1) is 20.0. The van der Waals surface area contributed by atoms with E-state index >= 15 is 0 Å². The lowest BCUT2D eigenvalue weighted by molar-refractivity contribution is -0.137. The van der Waals surface area contributed by atoms with E-state index in [-0.39, 0.29) is 23.0 Å². The molecule has 0 amide bonds. The fourth-order valence-electron chi connectivity index (χ4n) is 1.32. The first-order valence-corrected chi connectivity index (χ1v) is 7.32. The molecule has 0 radical (unpaired) electrons. The van der Waals surface area contributed by atoms with E-state index in [1.165, 1.54) is 13.2 Å². The number of nitrogens with one attached hydrogen (secondary N) is 3. The van der Waals surface area contributed by atoms with Gasteiger partial charge in [0.15, 0.2) is 0 Å². The van der Waals surface area contributed by atoms with Crippen LogP contribution in [0, 0.1) is 0 Å². The number of hydrogen-bond donors (Lipinski definition) is 4. The molecular weight excluding hydrogens is 349 g/mol. The Morgan fingerprint density at radius 3 is 2.42 bits per heavy atom. The number of anilines is 3. The van der Waals surface area contributed by atoms with Gasteiger partial charge in [-0.3, -0.25) is 5.10 Å². The number of hydrogen-bond acceptors (Lipinski definition) is 6. The Labute approximate surface area is 141 Å². The highest BCUT2D eigenvalue weighted by Crippen LogP contribution is 2.34. The number of H-pyrrole nitrogens is 1. The summed E-state index contributed by atoms with van der Waals surface area (Å²) in [5, 5.41) is 19.7. The molecule has 1 unspecified atom stereocenters. The summed E-state index contributed by atoms with van der Waals surface area (Å²) in [6.07, 6.45) is -1.73. The van der Waals surface area contributed by atoms with E-state index in [1.807, 2.05) is 6.92 Å². The van der Waals surface area contributed by atoms with E-state index in [0.717, 1.165) is 6.42 Å². The van der Waals surface area contributed by atoms with Crippen molar-refractivity contribution in [2.45, 2.75) is 32.5 Å². The van der Waals surface area contributed by atoms with Crippen LogP contribution >= 0.6 is 11.6 Å². The molecule has 0 aliphatic heterocycles. The number of aliphatic hydroxyl groups is 1. The molecule has 24 heavy (non-hydrogen) atoms. The van der Waals surface area contributed by atoms with Crippen LogP contribution in [0.2, 0.25) is 5.15 Å². The zero-order valence-corrected chi connectivity index (χ0v) is 14.0. The number of aliphatic hydroxyl groups excluding tert-OH is 1. The van der Waals surface area contributed by atoms with Gasteiger partial charge in [0.25, 0.3) is 0 Å². The maximum absolute atomic E-state index is 12.6. The Morgan fingerprint density at radius 2 is 2.00 bits per heavy atom. The highest BCUT2D eigenvalue weighted by Gasteiger charge is 2.35. The standard InChI is InChI=1S/C9H8ClF3N6.C4H10O/c1-14-7-4(9(11,12)13)2-15-8(18-7)17-5-3-16-19-6(5)10;1-3-4(2)5/h2-3H,1H3,(H,16,19)(H2,14,15,17,18);4-5H,3H2,1-2H3. The van der Waals surface area contributed by atoms with E-state index in [2.05, 4.69) is 30.8 Å². The number of alkyl halides is 3. The summed E-state index contributed by atoms with van der Waals surface area (Å²) in [5.74, 6) is -0.356. The van der Waals surface area contributed by atoms with Crippen molar-refractivity contribution < 1.29 is 18.3 Å². The van der Waals surface area contributed by atoms with Gasteiger partial charge in [0, 0.05) is 13.2 Å². The summed E-state index contributed by atoms with van der Waals surface area (Å²) in [4.78, 5) is 7.31. The third-order valence-corrected chi connectivity index (χ3v) is 3.05. The summed E-state index contributed by atoms with van der Waals surface area (Å²) in [7, 11) is 1.34. The van der Waals surface area contributed by atoms with Crippen LogP contribution in [0.5, 0.6) is 0 Å².